The number of alkyl halides is 3. The average Bonchev–Trinajstić information content (AvgIpc) is 3.70. The number of carbonyl (C=O) groups excluding carboxylic acids is 1. The molecule has 0 bridgehead atoms. The van der Waals surface area contributed by atoms with Crippen LogP contribution in [-0.4, -0.2) is 56.1 Å². The molecule has 0 radical (unpaired) electrons. The summed E-state index contributed by atoms with van der Waals surface area (Å²) < 4.78 is 90.1. The molecule has 40 heavy (non-hydrogen) atoms. The highest BCUT2D eigenvalue weighted by molar-refractivity contribution is 7.89. The average molecular weight is 581 g/mol. The Kier molecular flexibility index (Phi) is 8.06. The first-order valence-electron chi connectivity index (χ1n) is 12.6. The van der Waals surface area contributed by atoms with Crippen LogP contribution in [0.2, 0.25) is 0 Å². The molecule has 3 heterocycles. The Hall–Kier alpha value is -3.55. The number of carbonyl (C=O) groups is 1. The largest absolute Gasteiger partial charge is 0.467 e. The van der Waals surface area contributed by atoms with Crippen LogP contribution in [0.5, 0.6) is 11.5 Å². The number of ether oxygens (including phenoxy) is 3. The third-order valence-corrected chi connectivity index (χ3v) is 8.44. The topological polar surface area (TPSA) is 98.5 Å². The van der Waals surface area contributed by atoms with Gasteiger partial charge in [-0.15, -0.1) is 0 Å². The molecule has 0 saturated carbocycles. The molecule has 2 aliphatic heterocycles. The highest BCUT2D eigenvalue weighted by atomic mass is 32.2. The number of furan rings is 1. The second kappa shape index (κ2) is 11.5. The van der Waals surface area contributed by atoms with Crippen molar-refractivity contribution in [1.29, 1.82) is 0 Å². The van der Waals surface area contributed by atoms with Crippen molar-refractivity contribution in [3.05, 3.63) is 77.7 Å². The standard InChI is InChI=1S/C27H27F3N2O7S/c28-27(29,30)20-4-1-7-23(13-20)40(34,35)32(16-22-6-3-11-37-22)17-26(33)31(15-21-5-2-10-36-21)14-19-8-9-24-25(12-19)39-18-38-24/h1-2,4-5,7-10,12-13,22H,3,6,11,14-18H2. The molecular formula is C27H27F3N2O7S. The Bertz CT molecular complexity index is 1440. The smallest absolute Gasteiger partial charge is 0.416 e. The molecule has 5 rings (SSSR count). The summed E-state index contributed by atoms with van der Waals surface area (Å²) in [6, 6.07) is 12.1. The zero-order valence-corrected chi connectivity index (χ0v) is 22.1. The lowest BCUT2D eigenvalue weighted by Gasteiger charge is -2.28. The minimum atomic E-state index is -4.73. The summed E-state index contributed by atoms with van der Waals surface area (Å²) in [5.41, 5.74) is -0.394. The lowest BCUT2D eigenvalue weighted by Crippen LogP contribution is -2.45. The molecule has 3 aromatic rings. The molecule has 13 heteroatoms. The van der Waals surface area contributed by atoms with E-state index in [4.69, 9.17) is 18.6 Å². The summed E-state index contributed by atoms with van der Waals surface area (Å²) >= 11 is 0. The van der Waals surface area contributed by atoms with Crippen LogP contribution in [0.25, 0.3) is 0 Å². The monoisotopic (exact) mass is 580 g/mol. The summed E-state index contributed by atoms with van der Waals surface area (Å²) in [6.07, 6.45) is -2.48. The molecular weight excluding hydrogens is 553 g/mol. The van der Waals surface area contributed by atoms with Gasteiger partial charge >= 0.3 is 6.18 Å². The van der Waals surface area contributed by atoms with E-state index in [1.807, 2.05) is 0 Å². The van der Waals surface area contributed by atoms with Crippen LogP contribution in [0.4, 0.5) is 13.2 Å². The van der Waals surface area contributed by atoms with E-state index in [0.29, 0.717) is 48.3 Å². The summed E-state index contributed by atoms with van der Waals surface area (Å²) in [5.74, 6) is 1.00. The fourth-order valence-electron chi connectivity index (χ4n) is 4.58. The summed E-state index contributed by atoms with van der Waals surface area (Å²) in [6.45, 7) is -0.137. The minimum Gasteiger partial charge on any atom is -0.467 e. The van der Waals surface area contributed by atoms with Crippen LogP contribution < -0.4 is 9.47 Å². The number of hydrogen-bond donors (Lipinski definition) is 0. The number of sulfonamides is 1. The lowest BCUT2D eigenvalue weighted by atomic mass is 10.2. The Morgan fingerprint density at radius 1 is 1.00 bits per heavy atom. The zero-order chi connectivity index (χ0) is 28.3. The molecule has 1 unspecified atom stereocenters. The van der Waals surface area contributed by atoms with E-state index < -0.39 is 45.2 Å². The summed E-state index contributed by atoms with van der Waals surface area (Å²) in [5, 5.41) is 0. The van der Waals surface area contributed by atoms with E-state index in [-0.39, 0.29) is 26.4 Å². The van der Waals surface area contributed by atoms with Crippen LogP contribution in [-0.2, 0) is 38.8 Å². The van der Waals surface area contributed by atoms with Crippen molar-refractivity contribution in [1.82, 2.24) is 9.21 Å². The van der Waals surface area contributed by atoms with Crippen LogP contribution in [0.3, 0.4) is 0 Å². The fraction of sp³-hybridized carbons (Fsp3) is 0.370. The van der Waals surface area contributed by atoms with Crippen LogP contribution >= 0.6 is 0 Å². The molecule has 0 spiro atoms. The molecule has 1 aromatic heterocycles. The van der Waals surface area contributed by atoms with Gasteiger partial charge in [-0.05, 0) is 60.9 Å². The summed E-state index contributed by atoms with van der Waals surface area (Å²) in [4.78, 5) is 14.6. The van der Waals surface area contributed by atoms with Gasteiger partial charge in [-0.2, -0.15) is 17.5 Å². The molecule has 1 fully saturated rings. The molecule has 1 saturated heterocycles. The minimum absolute atomic E-state index is 0.0393. The maximum absolute atomic E-state index is 13.7. The number of fused-ring (bicyclic) bond motifs is 1. The maximum atomic E-state index is 13.7. The van der Waals surface area contributed by atoms with Crippen molar-refractivity contribution in [2.24, 2.45) is 0 Å². The Balaban J connectivity index is 1.43. The number of nitrogens with zero attached hydrogens (tertiary/aromatic N) is 2. The van der Waals surface area contributed by atoms with Gasteiger partial charge in [0, 0.05) is 19.7 Å². The number of benzene rings is 2. The van der Waals surface area contributed by atoms with Gasteiger partial charge in [0.1, 0.15) is 5.76 Å². The second-order valence-corrected chi connectivity index (χ2v) is 11.4. The van der Waals surface area contributed by atoms with E-state index in [2.05, 4.69) is 0 Å². The fourth-order valence-corrected chi connectivity index (χ4v) is 6.05. The summed E-state index contributed by atoms with van der Waals surface area (Å²) in [7, 11) is -4.50. The van der Waals surface area contributed by atoms with Crippen LogP contribution in [0.1, 0.15) is 29.7 Å². The molecule has 2 aliphatic rings. The Morgan fingerprint density at radius 3 is 2.55 bits per heavy atom. The predicted octanol–water partition coefficient (Wildman–Crippen LogP) is 4.43. The quantitative estimate of drug-likeness (QED) is 0.350. The number of hydrogen-bond acceptors (Lipinski definition) is 7. The van der Waals surface area contributed by atoms with Crippen molar-refractivity contribution in [3.8, 4) is 11.5 Å². The van der Waals surface area contributed by atoms with E-state index in [0.717, 1.165) is 22.5 Å². The van der Waals surface area contributed by atoms with E-state index in [1.165, 1.54) is 11.2 Å². The van der Waals surface area contributed by atoms with Gasteiger partial charge in [0.2, 0.25) is 22.7 Å². The highest BCUT2D eigenvalue weighted by Gasteiger charge is 2.35. The highest BCUT2D eigenvalue weighted by Crippen LogP contribution is 2.34. The van der Waals surface area contributed by atoms with Crippen molar-refractivity contribution in [2.75, 3.05) is 26.5 Å². The molecule has 2 aromatic carbocycles. The van der Waals surface area contributed by atoms with Crippen molar-refractivity contribution in [2.45, 2.75) is 43.1 Å². The third kappa shape index (κ3) is 6.43. The van der Waals surface area contributed by atoms with Crippen molar-refractivity contribution >= 4 is 15.9 Å². The first-order chi connectivity index (χ1) is 19.1. The molecule has 0 aliphatic carbocycles. The van der Waals surface area contributed by atoms with Gasteiger partial charge in [0.15, 0.2) is 11.5 Å². The predicted molar refractivity (Wildman–Crippen MR) is 135 cm³/mol. The van der Waals surface area contributed by atoms with Gasteiger partial charge in [0.25, 0.3) is 0 Å². The molecule has 214 valence electrons. The normalized spacial score (nSPS) is 16.9. The third-order valence-electron chi connectivity index (χ3n) is 6.63. The molecule has 9 nitrogen and oxygen atoms in total. The van der Waals surface area contributed by atoms with Crippen molar-refractivity contribution < 1.29 is 45.0 Å². The molecule has 0 N–H and O–H groups in total. The Labute approximate surface area is 229 Å². The first kappa shape index (κ1) is 28.0. The van der Waals surface area contributed by atoms with Gasteiger partial charge in [-0.25, -0.2) is 8.42 Å². The number of amides is 1. The first-order valence-corrected chi connectivity index (χ1v) is 14.0. The van der Waals surface area contributed by atoms with Crippen LogP contribution in [0, 0.1) is 0 Å². The lowest BCUT2D eigenvalue weighted by molar-refractivity contribution is -0.137. The molecule has 1 amide bonds. The Morgan fingerprint density at radius 2 is 1.82 bits per heavy atom. The maximum Gasteiger partial charge on any atom is 0.416 e. The van der Waals surface area contributed by atoms with E-state index >= 15 is 0 Å². The molecule has 1 atom stereocenters. The van der Waals surface area contributed by atoms with Gasteiger partial charge in [0.05, 0.1) is 35.9 Å². The van der Waals surface area contributed by atoms with Gasteiger partial charge < -0.3 is 23.5 Å². The van der Waals surface area contributed by atoms with Crippen LogP contribution in [0.15, 0.2) is 70.2 Å². The van der Waals surface area contributed by atoms with E-state index in [9.17, 15) is 26.4 Å². The second-order valence-electron chi connectivity index (χ2n) is 9.47. The SMILES string of the molecule is O=C(CN(CC1CCCO1)S(=O)(=O)c1cccc(C(F)(F)F)c1)N(Cc1ccc2c(c1)OCO2)Cc1ccco1. The zero-order valence-electron chi connectivity index (χ0n) is 21.3. The van der Waals surface area contributed by atoms with Gasteiger partial charge in [-0.3, -0.25) is 4.79 Å². The van der Waals surface area contributed by atoms with E-state index in [1.54, 1.807) is 30.3 Å². The number of halogens is 3. The van der Waals surface area contributed by atoms with Crippen molar-refractivity contribution in [3.63, 3.8) is 0 Å². The van der Waals surface area contributed by atoms with Gasteiger partial charge in [-0.1, -0.05) is 12.1 Å². The number of rotatable bonds is 10.